The minimum absolute atomic E-state index is 0.0154. The number of alkyl halides is 2. The van der Waals surface area contributed by atoms with Gasteiger partial charge < -0.3 is 11.1 Å². The monoisotopic (exact) mass is 252 g/mol. The van der Waals surface area contributed by atoms with Crippen molar-refractivity contribution in [2.24, 2.45) is 11.3 Å². The summed E-state index contributed by atoms with van der Waals surface area (Å²) < 4.78 is 25.8. The second kappa shape index (κ2) is 4.11. The van der Waals surface area contributed by atoms with Crippen LogP contribution in [-0.2, 0) is 0 Å². The third-order valence-corrected chi connectivity index (χ3v) is 4.28. The van der Waals surface area contributed by atoms with Crippen molar-refractivity contribution in [3.8, 4) is 0 Å². The average Bonchev–Trinajstić information content (AvgIpc) is 3.19. The molecule has 3 N–H and O–H groups in total. The number of halogens is 2. The van der Waals surface area contributed by atoms with Crippen LogP contribution < -0.4 is 11.1 Å². The van der Waals surface area contributed by atoms with Crippen molar-refractivity contribution in [3.05, 3.63) is 23.8 Å². The summed E-state index contributed by atoms with van der Waals surface area (Å²) in [5.74, 6) is 0.828. The van der Waals surface area contributed by atoms with Crippen LogP contribution in [0.15, 0.2) is 18.2 Å². The Kier molecular flexibility index (Phi) is 2.68. The summed E-state index contributed by atoms with van der Waals surface area (Å²) in [6, 6.07) is 4.70. The van der Waals surface area contributed by atoms with Crippen molar-refractivity contribution in [2.75, 3.05) is 17.6 Å². The van der Waals surface area contributed by atoms with E-state index in [0.717, 1.165) is 12.5 Å². The Bertz CT molecular complexity index is 451. The molecule has 2 aliphatic rings. The average molecular weight is 252 g/mol. The Morgan fingerprint density at radius 2 is 2.06 bits per heavy atom. The quantitative estimate of drug-likeness (QED) is 0.782. The van der Waals surface area contributed by atoms with E-state index < -0.39 is 6.43 Å². The molecule has 0 radical (unpaired) electrons. The highest BCUT2D eigenvalue weighted by Crippen LogP contribution is 2.61. The van der Waals surface area contributed by atoms with E-state index in [4.69, 9.17) is 5.73 Å². The molecule has 1 aromatic carbocycles. The highest BCUT2D eigenvalue weighted by Gasteiger charge is 2.53. The Morgan fingerprint density at radius 1 is 1.33 bits per heavy atom. The largest absolute Gasteiger partial charge is 0.399 e. The molecule has 2 aliphatic carbocycles. The predicted octanol–water partition coefficient (Wildman–Crippen LogP) is 3.81. The van der Waals surface area contributed by atoms with Gasteiger partial charge in [0.1, 0.15) is 0 Å². The van der Waals surface area contributed by atoms with Gasteiger partial charge >= 0.3 is 0 Å². The molecule has 2 fully saturated rings. The maximum absolute atomic E-state index is 12.9. The molecule has 0 saturated heterocycles. The zero-order valence-electron chi connectivity index (χ0n) is 10.3. The van der Waals surface area contributed by atoms with Gasteiger partial charge in [-0.25, -0.2) is 8.78 Å². The molecule has 0 amide bonds. The highest BCUT2D eigenvalue weighted by atomic mass is 19.3. The van der Waals surface area contributed by atoms with E-state index in [2.05, 4.69) is 5.32 Å². The molecule has 2 nitrogen and oxygen atoms in total. The lowest BCUT2D eigenvalue weighted by molar-refractivity contribution is 0.152. The number of nitrogens with two attached hydrogens (primary N) is 1. The molecule has 0 atom stereocenters. The van der Waals surface area contributed by atoms with E-state index in [-0.39, 0.29) is 5.56 Å². The highest BCUT2D eigenvalue weighted by molar-refractivity contribution is 5.58. The molecule has 2 saturated carbocycles. The van der Waals surface area contributed by atoms with Crippen LogP contribution in [0.1, 0.15) is 37.7 Å². The molecule has 0 bridgehead atoms. The van der Waals surface area contributed by atoms with Gasteiger partial charge in [-0.2, -0.15) is 0 Å². The van der Waals surface area contributed by atoms with E-state index in [1.165, 1.54) is 31.7 Å². The van der Waals surface area contributed by atoms with Crippen molar-refractivity contribution in [1.82, 2.24) is 0 Å². The molecule has 0 aliphatic heterocycles. The molecule has 1 aromatic rings. The number of nitrogen functional groups attached to an aromatic ring is 1. The number of benzene rings is 1. The van der Waals surface area contributed by atoms with Crippen molar-refractivity contribution in [1.29, 1.82) is 0 Å². The topological polar surface area (TPSA) is 38.0 Å². The van der Waals surface area contributed by atoms with Gasteiger partial charge in [0.25, 0.3) is 6.43 Å². The van der Waals surface area contributed by atoms with E-state index in [9.17, 15) is 8.78 Å². The number of anilines is 2. The number of nitrogens with one attached hydrogen (secondary N) is 1. The van der Waals surface area contributed by atoms with Crippen LogP contribution in [0.4, 0.5) is 20.2 Å². The van der Waals surface area contributed by atoms with Gasteiger partial charge in [-0.3, -0.25) is 0 Å². The molecule has 4 heteroatoms. The van der Waals surface area contributed by atoms with Gasteiger partial charge in [0, 0.05) is 23.5 Å². The van der Waals surface area contributed by atoms with Crippen molar-refractivity contribution in [3.63, 3.8) is 0 Å². The van der Waals surface area contributed by atoms with Crippen LogP contribution in [0.3, 0.4) is 0 Å². The van der Waals surface area contributed by atoms with E-state index >= 15 is 0 Å². The molecule has 0 aromatic heterocycles. The van der Waals surface area contributed by atoms with Crippen LogP contribution in [0, 0.1) is 11.3 Å². The number of hydrogen-bond acceptors (Lipinski definition) is 2. The Hall–Kier alpha value is -1.32. The minimum atomic E-state index is -2.48. The lowest BCUT2D eigenvalue weighted by Gasteiger charge is -2.18. The van der Waals surface area contributed by atoms with Gasteiger partial charge in [0.15, 0.2) is 0 Å². The summed E-state index contributed by atoms with van der Waals surface area (Å²) in [5.41, 5.74) is 6.90. The van der Waals surface area contributed by atoms with Gasteiger partial charge in [-0.15, -0.1) is 0 Å². The number of rotatable bonds is 5. The van der Waals surface area contributed by atoms with Crippen LogP contribution in [-0.4, -0.2) is 6.54 Å². The summed E-state index contributed by atoms with van der Waals surface area (Å²) in [6.07, 6.45) is 2.62. The maximum Gasteiger partial charge on any atom is 0.265 e. The summed E-state index contributed by atoms with van der Waals surface area (Å²) in [7, 11) is 0. The van der Waals surface area contributed by atoms with Gasteiger partial charge in [0.2, 0.25) is 0 Å². The van der Waals surface area contributed by atoms with E-state index in [0.29, 0.717) is 16.8 Å². The maximum atomic E-state index is 12.9. The summed E-state index contributed by atoms with van der Waals surface area (Å²) in [5, 5.41) is 3.21. The molecule has 0 heterocycles. The minimum Gasteiger partial charge on any atom is -0.399 e. The van der Waals surface area contributed by atoms with Gasteiger partial charge in [-0.1, -0.05) is 0 Å². The van der Waals surface area contributed by atoms with Crippen LogP contribution in [0.25, 0.3) is 0 Å². The van der Waals surface area contributed by atoms with Crippen LogP contribution in [0.5, 0.6) is 0 Å². The SMILES string of the molecule is Nc1ccc(NCC2(C3CC3)CC2)c(C(F)F)c1. The second-order valence-corrected chi connectivity index (χ2v) is 5.64. The third-order valence-electron chi connectivity index (χ3n) is 4.28. The third kappa shape index (κ3) is 2.16. The smallest absolute Gasteiger partial charge is 0.265 e. The Morgan fingerprint density at radius 3 is 2.61 bits per heavy atom. The van der Waals surface area contributed by atoms with Gasteiger partial charge in [-0.05, 0) is 55.2 Å². The molecule has 3 rings (SSSR count). The molecular weight excluding hydrogens is 234 g/mol. The van der Waals surface area contributed by atoms with Crippen molar-refractivity contribution in [2.45, 2.75) is 32.1 Å². The summed E-state index contributed by atoms with van der Waals surface area (Å²) in [6.45, 7) is 0.821. The first-order valence-electron chi connectivity index (χ1n) is 6.52. The standard InChI is InChI=1S/C14H18F2N2/c15-13(16)11-7-10(17)3-4-12(11)18-8-14(5-6-14)9-1-2-9/h3-4,7,9,13,18H,1-2,5-6,8,17H2. The molecule has 98 valence electrons. The Labute approximate surface area is 106 Å². The molecular formula is C14H18F2N2. The fourth-order valence-corrected chi connectivity index (χ4v) is 2.78. The van der Waals surface area contributed by atoms with Crippen molar-refractivity contribution >= 4 is 11.4 Å². The molecule has 0 unspecified atom stereocenters. The lowest BCUT2D eigenvalue weighted by Crippen LogP contribution is -2.18. The van der Waals surface area contributed by atoms with E-state index in [1.54, 1.807) is 12.1 Å². The molecule has 0 spiro atoms. The van der Waals surface area contributed by atoms with Crippen LogP contribution >= 0.6 is 0 Å². The first-order valence-corrected chi connectivity index (χ1v) is 6.52. The lowest BCUT2D eigenvalue weighted by atomic mass is 10.0. The van der Waals surface area contributed by atoms with Crippen molar-refractivity contribution < 1.29 is 8.78 Å². The number of hydrogen-bond donors (Lipinski definition) is 2. The fourth-order valence-electron chi connectivity index (χ4n) is 2.78. The van der Waals surface area contributed by atoms with Gasteiger partial charge in [0.05, 0.1) is 0 Å². The molecule has 18 heavy (non-hydrogen) atoms. The fraction of sp³-hybridized carbons (Fsp3) is 0.571. The summed E-state index contributed by atoms with van der Waals surface area (Å²) >= 11 is 0. The first-order chi connectivity index (χ1) is 8.61. The van der Waals surface area contributed by atoms with Crippen LogP contribution in [0.2, 0.25) is 0 Å². The van der Waals surface area contributed by atoms with E-state index in [1.807, 2.05) is 0 Å². The first kappa shape index (κ1) is 11.8. The second-order valence-electron chi connectivity index (χ2n) is 5.64. The zero-order valence-corrected chi connectivity index (χ0v) is 10.3. The summed E-state index contributed by atoms with van der Waals surface area (Å²) in [4.78, 5) is 0. The Balaban J connectivity index is 1.72. The predicted molar refractivity (Wildman–Crippen MR) is 68.7 cm³/mol. The zero-order chi connectivity index (χ0) is 12.8. The normalized spacial score (nSPS) is 21.1.